The Morgan fingerprint density at radius 1 is 1.37 bits per heavy atom. The van der Waals surface area contributed by atoms with E-state index in [4.69, 9.17) is 5.73 Å². The average Bonchev–Trinajstić information content (AvgIpc) is 2.40. The third-order valence-electron chi connectivity index (χ3n) is 3.35. The zero-order valence-electron chi connectivity index (χ0n) is 10.7. The zero-order chi connectivity index (χ0) is 13.4. The molecule has 3 rings (SSSR count). The van der Waals surface area contributed by atoms with Gasteiger partial charge in [0, 0.05) is 12.2 Å². The molecule has 0 amide bonds. The van der Waals surface area contributed by atoms with Gasteiger partial charge in [-0.15, -0.1) is 0 Å². The maximum Gasteiger partial charge on any atom is 0.222 e. The van der Waals surface area contributed by atoms with Crippen LogP contribution in [0.4, 0.5) is 21.8 Å². The van der Waals surface area contributed by atoms with E-state index in [2.05, 4.69) is 23.0 Å². The molecule has 5 heteroatoms. The Hall–Kier alpha value is -2.17. The number of anilines is 3. The lowest BCUT2D eigenvalue weighted by Crippen LogP contribution is -2.26. The molecule has 0 saturated carbocycles. The Bertz CT molecular complexity index is 627. The van der Waals surface area contributed by atoms with E-state index in [0.29, 0.717) is 0 Å². The van der Waals surface area contributed by atoms with E-state index >= 15 is 0 Å². The number of hydrogen-bond acceptors (Lipinski definition) is 4. The Kier molecular flexibility index (Phi) is 2.81. The second kappa shape index (κ2) is 4.50. The Labute approximate surface area is 111 Å². The van der Waals surface area contributed by atoms with Gasteiger partial charge in [0.25, 0.3) is 0 Å². The van der Waals surface area contributed by atoms with Gasteiger partial charge in [-0.2, -0.15) is 4.98 Å². The van der Waals surface area contributed by atoms with E-state index in [9.17, 15) is 4.39 Å². The quantitative estimate of drug-likeness (QED) is 0.854. The number of fused-ring (bicyclic) bond motifs is 1. The first kappa shape index (κ1) is 11.9. The van der Waals surface area contributed by atoms with Crippen molar-refractivity contribution in [1.29, 1.82) is 0 Å². The minimum Gasteiger partial charge on any atom is -0.368 e. The second-order valence-electron chi connectivity index (χ2n) is 4.79. The molecule has 0 spiro atoms. The maximum absolute atomic E-state index is 13.9. The van der Waals surface area contributed by atoms with Crippen LogP contribution in [0.25, 0.3) is 0 Å². The molecular formula is C14H15FN4. The molecule has 2 heterocycles. The molecule has 1 aromatic carbocycles. The van der Waals surface area contributed by atoms with Gasteiger partial charge in [-0.25, -0.2) is 9.37 Å². The van der Waals surface area contributed by atoms with Crippen molar-refractivity contribution in [3.8, 4) is 0 Å². The molecule has 0 radical (unpaired) electrons. The minimum atomic E-state index is -0.442. The number of nitrogens with zero attached hydrogens (tertiary/aromatic N) is 3. The van der Waals surface area contributed by atoms with Crippen molar-refractivity contribution in [2.45, 2.75) is 19.8 Å². The summed E-state index contributed by atoms with van der Waals surface area (Å²) in [6.45, 7) is 2.80. The lowest BCUT2D eigenvalue weighted by Gasteiger charge is -2.30. The van der Waals surface area contributed by atoms with Gasteiger partial charge >= 0.3 is 0 Å². The monoisotopic (exact) mass is 258 g/mol. The van der Waals surface area contributed by atoms with Gasteiger partial charge in [-0.05, 0) is 31.4 Å². The molecule has 0 bridgehead atoms. The molecule has 0 fully saturated rings. The van der Waals surface area contributed by atoms with Crippen LogP contribution in [0, 0.1) is 12.7 Å². The van der Waals surface area contributed by atoms with Gasteiger partial charge in [-0.3, -0.25) is 0 Å². The van der Waals surface area contributed by atoms with E-state index in [1.54, 1.807) is 0 Å². The lowest BCUT2D eigenvalue weighted by atomic mass is 9.99. The fourth-order valence-electron chi connectivity index (χ4n) is 2.51. The van der Waals surface area contributed by atoms with Gasteiger partial charge in [0.2, 0.25) is 5.95 Å². The number of nitrogen functional groups attached to an aromatic ring is 1. The molecule has 2 N–H and O–H groups in total. The van der Waals surface area contributed by atoms with Gasteiger partial charge in [0.1, 0.15) is 0 Å². The normalized spacial score (nSPS) is 14.3. The summed E-state index contributed by atoms with van der Waals surface area (Å²) in [6, 6.07) is 6.19. The van der Waals surface area contributed by atoms with Crippen LogP contribution in [0.3, 0.4) is 0 Å². The minimum absolute atomic E-state index is 0.0932. The van der Waals surface area contributed by atoms with Crippen molar-refractivity contribution in [2.24, 2.45) is 0 Å². The summed E-state index contributed by atoms with van der Waals surface area (Å²) >= 11 is 0. The fourth-order valence-corrected chi connectivity index (χ4v) is 2.51. The number of aryl methyl sites for hydroxylation is 2. The highest BCUT2D eigenvalue weighted by Crippen LogP contribution is 2.34. The van der Waals surface area contributed by atoms with Gasteiger partial charge in [0.05, 0.1) is 6.20 Å². The number of aromatic nitrogens is 2. The Morgan fingerprint density at radius 3 is 3.05 bits per heavy atom. The van der Waals surface area contributed by atoms with Crippen LogP contribution in [0.15, 0.2) is 24.4 Å². The summed E-state index contributed by atoms with van der Waals surface area (Å²) < 4.78 is 13.9. The van der Waals surface area contributed by atoms with Gasteiger partial charge in [-0.1, -0.05) is 17.7 Å². The molecule has 4 nitrogen and oxygen atoms in total. The molecule has 98 valence electrons. The van der Waals surface area contributed by atoms with Crippen LogP contribution in [0.1, 0.15) is 17.5 Å². The number of nitrogens with two attached hydrogens (primary N) is 1. The summed E-state index contributed by atoms with van der Waals surface area (Å²) in [4.78, 5) is 9.59. The van der Waals surface area contributed by atoms with Gasteiger partial charge in [0.15, 0.2) is 11.6 Å². The van der Waals surface area contributed by atoms with Crippen LogP contribution in [-0.2, 0) is 6.42 Å². The third-order valence-corrected chi connectivity index (χ3v) is 3.35. The van der Waals surface area contributed by atoms with Crippen LogP contribution in [0.5, 0.6) is 0 Å². The summed E-state index contributed by atoms with van der Waals surface area (Å²) in [5.74, 6) is -0.0874. The standard InChI is InChI=1S/C14H15FN4/c1-9-4-5-12-10(7-9)3-2-6-19(12)13-11(15)8-17-14(16)18-13/h4-5,7-8H,2-3,6H2,1H3,(H2,16,17,18). The van der Waals surface area contributed by atoms with Crippen molar-refractivity contribution in [1.82, 2.24) is 9.97 Å². The summed E-state index contributed by atoms with van der Waals surface area (Å²) in [5.41, 5.74) is 9.01. The predicted octanol–water partition coefficient (Wildman–Crippen LogP) is 2.59. The lowest BCUT2D eigenvalue weighted by molar-refractivity contribution is 0.606. The fraction of sp³-hybridized carbons (Fsp3) is 0.286. The average molecular weight is 258 g/mol. The maximum atomic E-state index is 13.9. The SMILES string of the molecule is Cc1ccc2c(c1)CCCN2c1nc(N)ncc1F. The van der Waals surface area contributed by atoms with Crippen molar-refractivity contribution >= 4 is 17.5 Å². The van der Waals surface area contributed by atoms with E-state index < -0.39 is 5.82 Å². The third kappa shape index (κ3) is 2.12. The van der Waals surface area contributed by atoms with E-state index in [-0.39, 0.29) is 11.8 Å². The number of benzene rings is 1. The number of halogens is 1. The highest BCUT2D eigenvalue weighted by atomic mass is 19.1. The summed E-state index contributed by atoms with van der Waals surface area (Å²) in [5, 5.41) is 0. The molecular weight excluding hydrogens is 243 g/mol. The number of hydrogen-bond donors (Lipinski definition) is 1. The Morgan fingerprint density at radius 2 is 2.21 bits per heavy atom. The second-order valence-corrected chi connectivity index (χ2v) is 4.79. The van der Waals surface area contributed by atoms with Crippen molar-refractivity contribution in [3.63, 3.8) is 0 Å². The summed E-state index contributed by atoms with van der Waals surface area (Å²) in [7, 11) is 0. The zero-order valence-corrected chi connectivity index (χ0v) is 10.7. The van der Waals surface area contributed by atoms with Crippen LogP contribution < -0.4 is 10.6 Å². The predicted molar refractivity (Wildman–Crippen MR) is 72.9 cm³/mol. The highest BCUT2D eigenvalue weighted by molar-refractivity contribution is 5.66. The van der Waals surface area contributed by atoms with Crippen molar-refractivity contribution in [2.75, 3.05) is 17.2 Å². The molecule has 19 heavy (non-hydrogen) atoms. The molecule has 1 aliphatic heterocycles. The van der Waals surface area contributed by atoms with Crippen molar-refractivity contribution < 1.29 is 4.39 Å². The Balaban J connectivity index is 2.11. The highest BCUT2D eigenvalue weighted by Gasteiger charge is 2.22. The first-order chi connectivity index (χ1) is 9.15. The van der Waals surface area contributed by atoms with Crippen LogP contribution in [-0.4, -0.2) is 16.5 Å². The van der Waals surface area contributed by atoms with Crippen LogP contribution >= 0.6 is 0 Å². The van der Waals surface area contributed by atoms with Crippen molar-refractivity contribution in [3.05, 3.63) is 41.3 Å². The molecule has 2 aromatic rings. The topological polar surface area (TPSA) is 55.0 Å². The molecule has 0 aliphatic carbocycles. The molecule has 1 aliphatic rings. The van der Waals surface area contributed by atoms with E-state index in [1.165, 1.54) is 11.1 Å². The molecule has 0 saturated heterocycles. The largest absolute Gasteiger partial charge is 0.368 e. The molecule has 0 unspecified atom stereocenters. The number of rotatable bonds is 1. The molecule has 0 atom stereocenters. The first-order valence-corrected chi connectivity index (χ1v) is 6.30. The first-order valence-electron chi connectivity index (χ1n) is 6.30. The van der Waals surface area contributed by atoms with Crippen LogP contribution in [0.2, 0.25) is 0 Å². The summed E-state index contributed by atoms with van der Waals surface area (Å²) in [6.07, 6.45) is 3.11. The smallest absolute Gasteiger partial charge is 0.222 e. The van der Waals surface area contributed by atoms with E-state index in [0.717, 1.165) is 31.3 Å². The van der Waals surface area contributed by atoms with E-state index in [1.807, 2.05) is 17.0 Å². The molecule has 1 aromatic heterocycles. The van der Waals surface area contributed by atoms with Gasteiger partial charge < -0.3 is 10.6 Å².